The van der Waals surface area contributed by atoms with Gasteiger partial charge in [0.25, 0.3) is 0 Å². The average Bonchev–Trinajstić information content (AvgIpc) is 0.782. The summed E-state index contributed by atoms with van der Waals surface area (Å²) in [7, 11) is 0. The van der Waals surface area contributed by atoms with Crippen molar-refractivity contribution in [1.29, 1.82) is 0 Å². The lowest BCUT2D eigenvalue weighted by Crippen LogP contribution is -2.00. The first-order valence-corrected chi connectivity index (χ1v) is 35.6. The molecule has 2 heterocycles. The van der Waals surface area contributed by atoms with Crippen molar-refractivity contribution >= 4 is 22.3 Å². The van der Waals surface area contributed by atoms with E-state index in [1.165, 1.54) is 61.2 Å². The summed E-state index contributed by atoms with van der Waals surface area (Å²) in [6.45, 7) is 0. The second-order valence-electron chi connectivity index (χ2n) is 25.7. The van der Waals surface area contributed by atoms with Crippen LogP contribution >= 0.6 is 0 Å². The predicted octanol–water partition coefficient (Wildman–Crippen LogP) is 24.8. The van der Waals surface area contributed by atoms with Crippen molar-refractivity contribution in [1.82, 2.24) is 29.9 Å². The van der Waals surface area contributed by atoms with E-state index in [-0.39, 0.29) is 0 Å². The number of hydrogen-bond acceptors (Lipinski definition) is 6. The monoisotopic (exact) mass is 1350 g/mol. The van der Waals surface area contributed by atoms with Gasteiger partial charge in [-0.1, -0.05) is 419 Å². The Morgan fingerprint density at radius 3 is 0.500 bits per heavy atom. The first-order valence-electron chi connectivity index (χ1n) is 35.6. The smallest absolute Gasteiger partial charge is 0.164 e. The van der Waals surface area contributed by atoms with Crippen molar-refractivity contribution < 1.29 is 0 Å². The number of benzene rings is 15. The van der Waals surface area contributed by atoms with Crippen molar-refractivity contribution in [2.75, 3.05) is 0 Å². The zero-order valence-electron chi connectivity index (χ0n) is 58.1. The zero-order chi connectivity index (χ0) is 71.1. The summed E-state index contributed by atoms with van der Waals surface area (Å²) in [5, 5.41) is 0. The SMILES string of the molecule is c1ccc(C(=C(c2ccccc2)c2ccc(-c3ccc(-c4nc(-c5ccccc5)nc(-c5ccccc5)n4)cc3)cc2)c2ccccc2)cc1.c1ccc(C(=C(c2ccccc2)c2cccc(-c3ccc(-c4ccc(-c5nc(-c6ccccc6)nc(-c6ccccc6)n5)cc4)cc3)c2)c2ccccc2)cc1. The van der Waals surface area contributed by atoms with Gasteiger partial charge in [0, 0.05) is 33.4 Å². The van der Waals surface area contributed by atoms with Gasteiger partial charge in [0.15, 0.2) is 34.9 Å². The van der Waals surface area contributed by atoms with E-state index in [0.29, 0.717) is 34.9 Å². The second kappa shape index (κ2) is 31.8. The minimum Gasteiger partial charge on any atom is -0.208 e. The van der Waals surface area contributed by atoms with E-state index in [4.69, 9.17) is 29.9 Å². The highest BCUT2D eigenvalue weighted by Crippen LogP contribution is 2.41. The summed E-state index contributed by atoms with van der Waals surface area (Å²) < 4.78 is 0. The molecule has 0 amide bonds. The average molecular weight is 1360 g/mol. The van der Waals surface area contributed by atoms with E-state index in [9.17, 15) is 0 Å². The number of hydrogen-bond donors (Lipinski definition) is 0. The second-order valence-corrected chi connectivity index (χ2v) is 25.7. The van der Waals surface area contributed by atoms with E-state index >= 15 is 0 Å². The molecule has 0 bridgehead atoms. The van der Waals surface area contributed by atoms with Gasteiger partial charge in [-0.05, 0) is 106 Å². The molecule has 17 rings (SSSR count). The molecular weight excluding hydrogens is 1290 g/mol. The highest BCUT2D eigenvalue weighted by molar-refractivity contribution is 6.06. The predicted molar refractivity (Wildman–Crippen MR) is 437 cm³/mol. The van der Waals surface area contributed by atoms with Gasteiger partial charge in [-0.2, -0.15) is 0 Å². The number of rotatable bonds is 17. The van der Waals surface area contributed by atoms with E-state index in [1.807, 2.05) is 121 Å². The topological polar surface area (TPSA) is 77.3 Å². The summed E-state index contributed by atoms with van der Waals surface area (Å²) in [5.41, 5.74) is 26.8. The van der Waals surface area contributed by atoms with Crippen LogP contribution in [0.2, 0.25) is 0 Å². The van der Waals surface area contributed by atoms with Gasteiger partial charge in [0.05, 0.1) is 0 Å². The molecule has 0 aliphatic carbocycles. The largest absolute Gasteiger partial charge is 0.208 e. The highest BCUT2D eigenvalue weighted by atomic mass is 15.0. The lowest BCUT2D eigenvalue weighted by Gasteiger charge is -2.19. The molecule has 0 aliphatic heterocycles. The molecule has 6 nitrogen and oxygen atoms in total. The minimum atomic E-state index is 0.645. The lowest BCUT2D eigenvalue weighted by molar-refractivity contribution is 1.07. The fraction of sp³-hybridized carbons (Fsp3) is 0. The van der Waals surface area contributed by atoms with Crippen molar-refractivity contribution in [2.45, 2.75) is 0 Å². The maximum atomic E-state index is 4.91. The molecule has 15 aromatic carbocycles. The molecule has 0 fully saturated rings. The first kappa shape index (κ1) is 66.4. The van der Waals surface area contributed by atoms with Crippen LogP contribution in [0, 0.1) is 0 Å². The maximum Gasteiger partial charge on any atom is 0.164 e. The molecule has 500 valence electrons. The van der Waals surface area contributed by atoms with Gasteiger partial charge < -0.3 is 0 Å². The molecule has 106 heavy (non-hydrogen) atoms. The van der Waals surface area contributed by atoms with Crippen LogP contribution < -0.4 is 0 Å². The van der Waals surface area contributed by atoms with Gasteiger partial charge in [0.1, 0.15) is 0 Å². The van der Waals surface area contributed by atoms with Gasteiger partial charge >= 0.3 is 0 Å². The summed E-state index contributed by atoms with van der Waals surface area (Å²) >= 11 is 0. The number of nitrogens with zero attached hydrogens (tertiary/aromatic N) is 6. The van der Waals surface area contributed by atoms with Crippen molar-refractivity contribution in [3.05, 3.63) is 469 Å². The molecule has 0 N–H and O–H groups in total. The molecule has 0 spiro atoms. The first-order chi connectivity index (χ1) is 52.6. The highest BCUT2D eigenvalue weighted by Gasteiger charge is 2.21. The van der Waals surface area contributed by atoms with Gasteiger partial charge in [-0.3, -0.25) is 0 Å². The number of aromatic nitrogens is 6. The molecule has 6 heteroatoms. The summed E-state index contributed by atoms with van der Waals surface area (Å²) in [4.78, 5) is 29.3. The van der Waals surface area contributed by atoms with Gasteiger partial charge in [-0.25, -0.2) is 29.9 Å². The fourth-order valence-corrected chi connectivity index (χ4v) is 13.5. The van der Waals surface area contributed by atoms with E-state index in [1.54, 1.807) is 0 Å². The Morgan fingerprint density at radius 1 is 0.113 bits per heavy atom. The van der Waals surface area contributed by atoms with Crippen LogP contribution in [-0.2, 0) is 0 Å². The normalized spacial score (nSPS) is 10.8. The Labute approximate surface area is 619 Å². The Bertz CT molecular complexity index is 5620. The third-order valence-corrected chi connectivity index (χ3v) is 18.8. The molecule has 0 saturated carbocycles. The molecule has 0 atom stereocenters. The molecular formula is C100H70N6. The Morgan fingerprint density at radius 2 is 0.264 bits per heavy atom. The van der Waals surface area contributed by atoms with Gasteiger partial charge in [-0.15, -0.1) is 0 Å². The third kappa shape index (κ3) is 15.2. The van der Waals surface area contributed by atoms with Crippen LogP contribution in [0.15, 0.2) is 425 Å². The maximum absolute atomic E-state index is 4.91. The van der Waals surface area contributed by atoms with Crippen molar-refractivity contribution in [2.24, 2.45) is 0 Å². The molecule has 0 radical (unpaired) electrons. The fourth-order valence-electron chi connectivity index (χ4n) is 13.5. The third-order valence-electron chi connectivity index (χ3n) is 18.8. The molecule has 0 aliphatic rings. The van der Waals surface area contributed by atoms with Crippen LogP contribution in [0.4, 0.5) is 0 Å². The van der Waals surface area contributed by atoms with Crippen LogP contribution in [-0.4, -0.2) is 29.9 Å². The summed E-state index contributed by atoms with van der Waals surface area (Å²) in [5.74, 6) is 3.91. The van der Waals surface area contributed by atoms with Crippen LogP contribution in [0.1, 0.15) is 44.5 Å². The van der Waals surface area contributed by atoms with E-state index < -0.39 is 0 Å². The van der Waals surface area contributed by atoms with Crippen molar-refractivity contribution in [3.8, 4) is 102 Å². The standard InChI is InChI=1S/C53H37N3.C47H33N3/c1-6-17-41(18-7-1)49(42-19-8-2-9-20-42)50(43-21-10-3-11-22-43)48-28-16-27-47(37-48)40-31-29-38(30-32-40)39-33-35-46(36-34-39)53-55-51(44-23-12-4-13-24-44)54-52(56-53)45-25-14-5-15-26-45;1-6-16-36(17-7-1)43(37-18-8-2-9-19-37)44(38-20-10-3-11-21-38)39-30-26-34(27-31-39)35-28-32-42(33-29-35)47-49-45(40-22-12-4-13-23-40)48-46(50-47)41-24-14-5-15-25-41/h1-37H;1-33H. The zero-order valence-corrected chi connectivity index (χ0v) is 58.1. The lowest BCUT2D eigenvalue weighted by atomic mass is 9.85. The van der Waals surface area contributed by atoms with E-state index in [2.05, 4.69) is 303 Å². The summed E-state index contributed by atoms with van der Waals surface area (Å²) in [6, 6.07) is 148. The molecule has 0 saturated heterocycles. The Hall–Kier alpha value is -14.2. The van der Waals surface area contributed by atoms with Crippen LogP contribution in [0.5, 0.6) is 0 Å². The molecule has 2 aromatic heterocycles. The van der Waals surface area contributed by atoms with Gasteiger partial charge in [0.2, 0.25) is 0 Å². The quantitative estimate of drug-likeness (QED) is 0.0846. The molecule has 0 unspecified atom stereocenters. The van der Waals surface area contributed by atoms with Crippen molar-refractivity contribution in [3.63, 3.8) is 0 Å². The minimum absolute atomic E-state index is 0.645. The van der Waals surface area contributed by atoms with E-state index in [0.717, 1.165) is 72.3 Å². The Kier molecular flexibility index (Phi) is 19.9. The Balaban J connectivity index is 0.000000164. The summed E-state index contributed by atoms with van der Waals surface area (Å²) in [6.07, 6.45) is 0. The van der Waals surface area contributed by atoms with Crippen LogP contribution in [0.25, 0.3) is 124 Å². The van der Waals surface area contributed by atoms with Crippen LogP contribution in [0.3, 0.4) is 0 Å². The molecule has 17 aromatic rings.